The zero-order valence-corrected chi connectivity index (χ0v) is 52.3. The molecule has 0 radical (unpaired) electrons. The van der Waals surface area contributed by atoms with Gasteiger partial charge in [0, 0.05) is 66.2 Å². The third-order valence-electron chi connectivity index (χ3n) is 15.3. The van der Waals surface area contributed by atoms with Crippen LogP contribution < -0.4 is 37.9 Å². The molecule has 5 heterocycles. The number of amides is 4. The van der Waals surface area contributed by atoms with E-state index in [0.29, 0.717) is 83.5 Å². The largest absolute Gasteiger partial charge is 0.493 e. The van der Waals surface area contributed by atoms with Crippen LogP contribution in [0.4, 0.5) is 0 Å². The molecule has 4 amide bonds. The van der Waals surface area contributed by atoms with E-state index in [1.165, 1.54) is 16.3 Å². The van der Waals surface area contributed by atoms with Crippen molar-refractivity contribution in [3.8, 4) is 46.0 Å². The Labute approximate surface area is 509 Å². The third-order valence-corrected chi connectivity index (χ3v) is 16.2. The summed E-state index contributed by atoms with van der Waals surface area (Å²) in [7, 11) is 12.9. The molecule has 20 nitrogen and oxygen atoms in total. The van der Waals surface area contributed by atoms with E-state index in [1.807, 2.05) is 111 Å². The van der Waals surface area contributed by atoms with Crippen LogP contribution in [0, 0.1) is 11.8 Å². The van der Waals surface area contributed by atoms with Crippen LogP contribution in [0.2, 0.25) is 0 Å². The zero-order chi connectivity index (χ0) is 61.7. The molecule has 5 aliphatic rings. The van der Waals surface area contributed by atoms with Crippen LogP contribution in [0.5, 0.6) is 46.0 Å². The average molecular weight is 1200 g/mol. The van der Waals surface area contributed by atoms with E-state index in [-0.39, 0.29) is 35.5 Å². The van der Waals surface area contributed by atoms with Gasteiger partial charge in [0.15, 0.2) is 46.0 Å². The molecule has 0 saturated heterocycles. The fraction of sp³-hybridized carbons (Fsp3) is 0.446. The van der Waals surface area contributed by atoms with Gasteiger partial charge >= 0.3 is 0 Å². The van der Waals surface area contributed by atoms with Crippen LogP contribution in [-0.2, 0) is 14.4 Å². The summed E-state index contributed by atoms with van der Waals surface area (Å²) < 4.78 is 42.2. The van der Waals surface area contributed by atoms with Crippen LogP contribution in [0.3, 0.4) is 0 Å². The maximum Gasteiger partial charge on any atom is 0.284 e. The maximum atomic E-state index is 12.4. The molecule has 0 bridgehead atoms. The highest BCUT2D eigenvalue weighted by molar-refractivity contribution is 7.12. The van der Waals surface area contributed by atoms with Crippen LogP contribution in [0.15, 0.2) is 111 Å². The molecule has 86 heavy (non-hydrogen) atoms. The first-order valence-electron chi connectivity index (χ1n) is 29.3. The third kappa shape index (κ3) is 16.3. The number of carbonyl (C=O) groups excluding carboxylic acids is 4. The minimum Gasteiger partial charge on any atom is -0.493 e. The Morgan fingerprint density at radius 1 is 0.477 bits per heavy atom. The van der Waals surface area contributed by atoms with Crippen molar-refractivity contribution < 1.29 is 57.1 Å². The summed E-state index contributed by atoms with van der Waals surface area (Å²) in [5.41, 5.74) is 7.51. The number of carbonyl (C=O) groups is 4. The van der Waals surface area contributed by atoms with E-state index >= 15 is 0 Å². The van der Waals surface area contributed by atoms with Gasteiger partial charge in [-0.15, -0.1) is 11.3 Å². The van der Waals surface area contributed by atoms with Gasteiger partial charge in [0.25, 0.3) is 5.91 Å². The second-order valence-corrected chi connectivity index (χ2v) is 21.5. The van der Waals surface area contributed by atoms with E-state index in [4.69, 9.17) is 37.9 Å². The van der Waals surface area contributed by atoms with Crippen molar-refractivity contribution in [2.45, 2.75) is 97.8 Å². The van der Waals surface area contributed by atoms with Gasteiger partial charge in [-0.25, -0.2) is 20.0 Å². The highest BCUT2D eigenvalue weighted by atomic mass is 32.1. The van der Waals surface area contributed by atoms with Crippen LogP contribution in [0.1, 0.15) is 130 Å². The predicted octanol–water partition coefficient (Wildman–Crippen LogP) is 11.4. The summed E-state index contributed by atoms with van der Waals surface area (Å²) in [4.78, 5) is 49.6. The first-order chi connectivity index (χ1) is 41.8. The Kier molecular flexibility index (Phi) is 24.3. The zero-order valence-electron chi connectivity index (χ0n) is 51.5. The Bertz CT molecular complexity index is 3150. The molecule has 1 aliphatic carbocycles. The monoisotopic (exact) mass is 1200 g/mol. The van der Waals surface area contributed by atoms with Gasteiger partial charge in [0.05, 0.1) is 111 Å². The number of rotatable bonds is 19. The first kappa shape index (κ1) is 65.1. The van der Waals surface area contributed by atoms with Crippen molar-refractivity contribution in [1.82, 2.24) is 20.0 Å². The molecule has 0 N–H and O–H groups in total. The smallest absolute Gasteiger partial charge is 0.284 e. The molecule has 1 saturated carbocycles. The number of nitrogens with zero attached hydrogens (tertiary/aromatic N) is 8. The molecule has 0 spiro atoms. The maximum absolute atomic E-state index is 12.4. The van der Waals surface area contributed by atoms with Crippen molar-refractivity contribution in [3.05, 3.63) is 117 Å². The lowest BCUT2D eigenvalue weighted by Gasteiger charge is -2.17. The number of hydrogen-bond donors (Lipinski definition) is 0. The first-order valence-corrected chi connectivity index (χ1v) is 30.1. The number of benzene rings is 4. The van der Waals surface area contributed by atoms with Crippen molar-refractivity contribution in [2.24, 2.45) is 32.2 Å². The lowest BCUT2D eigenvalue weighted by Crippen LogP contribution is -2.30. The predicted molar refractivity (Wildman–Crippen MR) is 334 cm³/mol. The van der Waals surface area contributed by atoms with Crippen molar-refractivity contribution in [2.75, 3.05) is 83.1 Å². The van der Waals surface area contributed by atoms with Crippen LogP contribution >= 0.6 is 11.3 Å². The number of thiophene rings is 1. The van der Waals surface area contributed by atoms with Gasteiger partial charge in [-0.1, -0.05) is 39.7 Å². The standard InChI is InChI=1S/C17H22N2O3.C17H24N2O3.C16H16N2O3S.C15H20N2O3/c1-21-15-8-7-13(11-16(15)22-2)14-9-10-19(18-14)17(20)12-5-3-4-6-12;1-5-12(6-2)17(20)19-10-9-14(18-19)13-7-8-15(21-3)16(11-13)22-4;1-20-13-6-5-11(10-14(13)21-2)12-7-8-18(17-12)16(19)15-4-3-9-22-15;1-4-5-15(18)17-9-8-12(16-17)11-6-7-13(19-2)14(10-11)20-3/h7-8,11-12H,3-6,9-10H2,1-2H3;7-8,11-12H,5-6,9-10H2,1-4H3;3-6,9-10H,7-8H2,1-2H3;6-7,10H,4-5,8-9H2,1-3H3. The molecule has 460 valence electrons. The van der Waals surface area contributed by atoms with Gasteiger partial charge in [-0.3, -0.25) is 19.2 Å². The molecular formula is C65H82N8O12S. The minimum atomic E-state index is -0.0505. The van der Waals surface area contributed by atoms with E-state index in [1.54, 1.807) is 71.9 Å². The van der Waals surface area contributed by atoms with Crippen molar-refractivity contribution >= 4 is 57.8 Å². The highest BCUT2D eigenvalue weighted by Gasteiger charge is 2.31. The fourth-order valence-corrected chi connectivity index (χ4v) is 11.1. The summed E-state index contributed by atoms with van der Waals surface area (Å²) in [5.74, 6) is 6.03. The fourth-order valence-electron chi connectivity index (χ4n) is 10.5. The lowest BCUT2D eigenvalue weighted by atomic mass is 10.0. The molecule has 0 unspecified atom stereocenters. The Balaban J connectivity index is 0.000000164. The summed E-state index contributed by atoms with van der Waals surface area (Å²) in [5, 5.41) is 26.2. The van der Waals surface area contributed by atoms with E-state index in [9.17, 15) is 19.2 Å². The molecule has 21 heteroatoms. The topological polar surface area (TPSA) is 205 Å². The lowest BCUT2D eigenvalue weighted by molar-refractivity contribution is -0.135. The molecule has 0 atom stereocenters. The number of ether oxygens (including phenoxy) is 8. The summed E-state index contributed by atoms with van der Waals surface area (Å²) >= 11 is 1.43. The number of hydrazone groups is 4. The van der Waals surface area contributed by atoms with Gasteiger partial charge in [-0.05, 0) is 116 Å². The molecule has 1 aromatic heterocycles. The molecule has 5 aromatic rings. The Morgan fingerprint density at radius 2 is 0.837 bits per heavy atom. The van der Waals surface area contributed by atoms with Gasteiger partial charge < -0.3 is 37.9 Å². The van der Waals surface area contributed by atoms with Gasteiger partial charge in [0.2, 0.25) is 17.7 Å². The Hall–Kier alpha value is -8.46. The Morgan fingerprint density at radius 3 is 1.21 bits per heavy atom. The molecule has 1 fully saturated rings. The van der Waals surface area contributed by atoms with Crippen molar-refractivity contribution in [3.63, 3.8) is 0 Å². The number of methoxy groups -OCH3 is 8. The SMILES string of the molecule is CCC(CC)C(=O)N1CCC(c2ccc(OC)c(OC)c2)=N1.CCCC(=O)N1CCC(c2ccc(OC)c(OC)c2)=N1.COc1ccc(C2=NN(C(=O)C3CCCC3)CC2)cc1OC.COc1ccc(C2=NN(C(=O)c3cccs3)CC2)cc1OC. The minimum absolute atomic E-state index is 0.0505. The molecular weight excluding hydrogens is 1120 g/mol. The normalized spacial score (nSPS) is 15.2. The van der Waals surface area contributed by atoms with Crippen LogP contribution in [-0.4, -0.2) is 150 Å². The van der Waals surface area contributed by atoms with E-state index in [2.05, 4.69) is 20.4 Å². The van der Waals surface area contributed by atoms with Gasteiger partial charge in [0.1, 0.15) is 0 Å². The summed E-state index contributed by atoms with van der Waals surface area (Å²) in [6.07, 6.45) is 10.5. The average Bonchev–Trinajstić information content (AvgIpc) is 4.53. The highest BCUT2D eigenvalue weighted by Crippen LogP contribution is 2.34. The van der Waals surface area contributed by atoms with Crippen molar-refractivity contribution in [1.29, 1.82) is 0 Å². The quantitative estimate of drug-likeness (QED) is 0.0757. The van der Waals surface area contributed by atoms with E-state index < -0.39 is 0 Å². The molecule has 10 rings (SSSR count). The second kappa shape index (κ2) is 32.2. The molecule has 4 aliphatic heterocycles. The second-order valence-electron chi connectivity index (χ2n) is 20.6. The number of hydrogen-bond acceptors (Lipinski definition) is 17. The summed E-state index contributed by atoms with van der Waals surface area (Å²) in [6.45, 7) is 8.66. The van der Waals surface area contributed by atoms with E-state index in [0.717, 1.165) is 116 Å². The van der Waals surface area contributed by atoms with Gasteiger partial charge in [-0.2, -0.15) is 20.4 Å². The summed E-state index contributed by atoms with van der Waals surface area (Å²) in [6, 6.07) is 26.5. The molecule has 4 aromatic carbocycles. The van der Waals surface area contributed by atoms with Crippen LogP contribution in [0.25, 0.3) is 0 Å².